The molecule has 0 fully saturated rings. The number of ether oxygens (including phenoxy) is 4. The van der Waals surface area contributed by atoms with E-state index in [-0.39, 0.29) is 26.9 Å². The SMILES string of the molecule is c1ccc(-c2ccc(N3c4ccc(-c5ccccc5)cc4B4c5ccccc5Oc5cccc3c54)cc2)cc1.c1ccc(-c2ccc3c(c2)B2c4ccccc4N(c4ccccc4)c4cccc(c42)O3)cc1.c1ccc(-c2ccc3c(c2)Oc2cccc4c2B3c2ccccc2N4c2ccccc2)cc1.c1ccc(N2c3ccccc3B3c4ccccc4Oc4cccc2c43)cc1. The van der Waals surface area contributed by atoms with Gasteiger partial charge in [-0.05, 0) is 256 Å². The molecular formula is C120H80B4N4O4. The van der Waals surface area contributed by atoms with Crippen LogP contribution in [0.5, 0.6) is 46.0 Å². The van der Waals surface area contributed by atoms with Gasteiger partial charge < -0.3 is 38.5 Å². The van der Waals surface area contributed by atoms with Gasteiger partial charge in [0.05, 0.1) is 0 Å². The fourth-order valence-electron chi connectivity index (χ4n) is 21.2. The second kappa shape index (κ2) is 32.7. The van der Waals surface area contributed by atoms with Gasteiger partial charge >= 0.3 is 0 Å². The molecule has 0 saturated heterocycles. The Labute approximate surface area is 769 Å². The van der Waals surface area contributed by atoms with Crippen molar-refractivity contribution in [3.05, 3.63) is 485 Å². The molecule has 0 N–H and O–H groups in total. The van der Waals surface area contributed by atoms with Gasteiger partial charge in [0, 0.05) is 68.2 Å². The molecule has 8 aliphatic rings. The van der Waals surface area contributed by atoms with E-state index in [0.29, 0.717) is 0 Å². The molecule has 8 aliphatic heterocycles. The maximum absolute atomic E-state index is 6.56. The normalized spacial score (nSPS) is 13.0. The molecule has 0 radical (unpaired) electrons. The summed E-state index contributed by atoms with van der Waals surface area (Å²) in [7, 11) is 0. The van der Waals surface area contributed by atoms with Crippen LogP contribution in [0, 0.1) is 0 Å². The van der Waals surface area contributed by atoms with Crippen LogP contribution in [-0.4, -0.2) is 26.9 Å². The molecule has 616 valence electrons. The summed E-state index contributed by atoms with van der Waals surface area (Å²) in [6.07, 6.45) is 0. The van der Waals surface area contributed by atoms with Crippen molar-refractivity contribution in [1.82, 2.24) is 0 Å². The van der Waals surface area contributed by atoms with E-state index >= 15 is 0 Å². The molecule has 20 aromatic rings. The van der Waals surface area contributed by atoms with E-state index < -0.39 is 0 Å². The summed E-state index contributed by atoms with van der Waals surface area (Å²) in [5.74, 6) is 7.52. The Morgan fingerprint density at radius 3 is 0.758 bits per heavy atom. The second-order valence-electron chi connectivity index (χ2n) is 34.3. The molecule has 0 aliphatic carbocycles. The van der Waals surface area contributed by atoms with Gasteiger partial charge in [0.15, 0.2) is 0 Å². The predicted octanol–water partition coefficient (Wildman–Crippen LogP) is 23.0. The van der Waals surface area contributed by atoms with Crippen LogP contribution in [-0.2, 0) is 0 Å². The smallest absolute Gasteiger partial charge is 0.256 e. The van der Waals surface area contributed by atoms with E-state index in [2.05, 4.69) is 493 Å². The fourth-order valence-corrected chi connectivity index (χ4v) is 21.2. The Morgan fingerprint density at radius 2 is 0.364 bits per heavy atom. The first kappa shape index (κ1) is 77.4. The van der Waals surface area contributed by atoms with Gasteiger partial charge in [-0.3, -0.25) is 0 Å². The van der Waals surface area contributed by atoms with Crippen molar-refractivity contribution in [3.63, 3.8) is 0 Å². The molecule has 0 spiro atoms. The Morgan fingerprint density at radius 1 is 0.129 bits per heavy atom. The summed E-state index contributed by atoms with van der Waals surface area (Å²) in [5.41, 5.74) is 38.9. The summed E-state index contributed by atoms with van der Waals surface area (Å²) >= 11 is 0. The summed E-state index contributed by atoms with van der Waals surface area (Å²) in [6, 6.07) is 172. The highest BCUT2D eigenvalue weighted by Crippen LogP contribution is 2.48. The molecule has 0 aromatic heterocycles. The fraction of sp³-hybridized carbons (Fsp3) is 0. The third-order valence-corrected chi connectivity index (χ3v) is 26.9. The van der Waals surface area contributed by atoms with E-state index in [1.807, 2.05) is 12.1 Å². The largest absolute Gasteiger partial charge is 0.458 e. The van der Waals surface area contributed by atoms with Crippen molar-refractivity contribution in [2.75, 3.05) is 19.6 Å². The monoisotopic (exact) mass is 1680 g/mol. The third-order valence-electron chi connectivity index (χ3n) is 26.9. The predicted molar refractivity (Wildman–Crippen MR) is 551 cm³/mol. The van der Waals surface area contributed by atoms with Crippen LogP contribution in [0.4, 0.5) is 68.2 Å². The van der Waals surface area contributed by atoms with Gasteiger partial charge in [0.1, 0.15) is 46.0 Å². The Kier molecular flexibility index (Phi) is 19.2. The van der Waals surface area contributed by atoms with Crippen molar-refractivity contribution >= 4 is 161 Å². The molecule has 132 heavy (non-hydrogen) atoms. The Balaban J connectivity index is 0.0000000952. The van der Waals surface area contributed by atoms with Gasteiger partial charge in [-0.1, -0.05) is 340 Å². The highest BCUT2D eigenvalue weighted by Gasteiger charge is 2.47. The van der Waals surface area contributed by atoms with Crippen LogP contribution in [0.2, 0.25) is 0 Å². The van der Waals surface area contributed by atoms with Crippen molar-refractivity contribution in [2.45, 2.75) is 0 Å². The molecule has 20 aromatic carbocycles. The number of fused-ring (bicyclic) bond motifs is 16. The van der Waals surface area contributed by atoms with Gasteiger partial charge in [-0.2, -0.15) is 0 Å². The lowest BCUT2D eigenvalue weighted by molar-refractivity contribution is 0.487. The van der Waals surface area contributed by atoms with E-state index in [4.69, 9.17) is 18.9 Å². The lowest BCUT2D eigenvalue weighted by Gasteiger charge is -2.40. The van der Waals surface area contributed by atoms with Crippen LogP contribution in [0.25, 0.3) is 44.5 Å². The molecule has 0 saturated carbocycles. The molecule has 28 rings (SSSR count). The average molecular weight is 1690 g/mol. The topological polar surface area (TPSA) is 49.9 Å². The second-order valence-corrected chi connectivity index (χ2v) is 34.3. The van der Waals surface area contributed by atoms with Crippen LogP contribution in [0.15, 0.2) is 485 Å². The van der Waals surface area contributed by atoms with Gasteiger partial charge in [-0.25, -0.2) is 0 Å². The van der Waals surface area contributed by atoms with Crippen molar-refractivity contribution < 1.29 is 18.9 Å². The van der Waals surface area contributed by atoms with Crippen LogP contribution in [0.1, 0.15) is 0 Å². The van der Waals surface area contributed by atoms with Gasteiger partial charge in [0.25, 0.3) is 26.9 Å². The molecule has 12 heteroatoms. The number of hydrogen-bond donors (Lipinski definition) is 0. The zero-order chi connectivity index (χ0) is 87.1. The quantitative estimate of drug-likeness (QED) is 0.140. The third kappa shape index (κ3) is 13.3. The standard InChI is InChI=1S/C36H24BNO.2C30H20BNO.C24H16BNO/c1-3-10-25(11-4-1)27-18-21-29(22-19-27)38-32-23-20-28(26-12-5-2-6-13-26)24-31(32)37-30-14-7-8-16-34(30)39-35-17-9-15-33(38)36(35)37;1-3-10-21(11-4-1)22-18-19-28-25(20-22)31-24-14-7-8-15-26(24)32(23-12-5-2-6-13-23)27-16-9-17-29(33-28)30(27)31;1-3-10-21(11-4-1)22-18-19-25-29(20-22)33-28-17-9-16-27-30(28)31(25)24-14-7-8-15-26(24)32(27)23-12-5-2-6-13-23;1-2-9-17(10-3-1)26-20-13-6-4-11-18(20)25-19-12-5-7-15-22(19)27-23-16-8-14-21(26)24(23)25/h1-24H;2*1-20H;1-16H. The van der Waals surface area contributed by atoms with Crippen molar-refractivity contribution in [2.24, 2.45) is 0 Å². The average Bonchev–Trinajstić information content (AvgIpc) is 0.713. The van der Waals surface area contributed by atoms with E-state index in [9.17, 15) is 0 Å². The van der Waals surface area contributed by atoms with Crippen molar-refractivity contribution in [1.29, 1.82) is 0 Å². The molecule has 0 amide bonds. The first-order valence-electron chi connectivity index (χ1n) is 45.3. The summed E-state index contributed by atoms with van der Waals surface area (Å²) < 4.78 is 25.8. The minimum absolute atomic E-state index is 0.0969. The van der Waals surface area contributed by atoms with Crippen LogP contribution in [0.3, 0.4) is 0 Å². The Hall–Kier alpha value is -16.9. The first-order valence-corrected chi connectivity index (χ1v) is 45.3. The molecule has 0 bridgehead atoms. The van der Waals surface area contributed by atoms with E-state index in [0.717, 1.165) is 68.7 Å². The van der Waals surface area contributed by atoms with Crippen LogP contribution >= 0.6 is 0 Å². The lowest BCUT2D eigenvalue weighted by Crippen LogP contribution is -2.59. The molecule has 0 atom stereocenters. The summed E-state index contributed by atoms with van der Waals surface area (Å²) in [6.45, 7) is 0.553. The number of nitrogens with zero attached hydrogens (tertiary/aromatic N) is 4. The van der Waals surface area contributed by atoms with Crippen molar-refractivity contribution in [3.8, 4) is 90.5 Å². The maximum Gasteiger partial charge on any atom is 0.256 e. The molecular weight excluding hydrogens is 1600 g/mol. The number of rotatable bonds is 8. The number of para-hydroxylation sites is 8. The first-order chi connectivity index (χ1) is 65.5. The van der Waals surface area contributed by atoms with Gasteiger partial charge in [0.2, 0.25) is 0 Å². The summed E-state index contributed by atoms with van der Waals surface area (Å²) in [5, 5.41) is 0. The minimum Gasteiger partial charge on any atom is -0.458 e. The summed E-state index contributed by atoms with van der Waals surface area (Å²) in [4.78, 5) is 9.46. The minimum atomic E-state index is 0.0969. The zero-order valence-corrected chi connectivity index (χ0v) is 71.9. The van der Waals surface area contributed by atoms with Crippen LogP contribution < -0.4 is 104 Å². The Bertz CT molecular complexity index is 7840. The number of hydrogen-bond acceptors (Lipinski definition) is 8. The molecule has 8 nitrogen and oxygen atoms in total. The van der Waals surface area contributed by atoms with E-state index in [1.54, 1.807) is 0 Å². The number of anilines is 12. The maximum atomic E-state index is 6.56. The molecule has 0 unspecified atom stereocenters. The van der Waals surface area contributed by atoms with E-state index in [1.165, 1.54) is 156 Å². The van der Waals surface area contributed by atoms with Gasteiger partial charge in [-0.15, -0.1) is 0 Å². The lowest BCUT2D eigenvalue weighted by atomic mass is 9.34. The number of benzene rings is 20. The highest BCUT2D eigenvalue weighted by atomic mass is 16.5. The highest BCUT2D eigenvalue weighted by molar-refractivity contribution is 7.01. The zero-order valence-electron chi connectivity index (χ0n) is 71.9. The molecule has 8 heterocycles.